The van der Waals surface area contributed by atoms with E-state index >= 15 is 0 Å². The van der Waals surface area contributed by atoms with Crippen molar-refractivity contribution >= 4 is 21.7 Å². The van der Waals surface area contributed by atoms with Gasteiger partial charge in [0.25, 0.3) is 0 Å². The number of carboxylic acid groups (broad SMARTS) is 1. The second kappa shape index (κ2) is 6.27. The molecule has 0 radical (unpaired) electrons. The number of rotatable bonds is 6. The van der Waals surface area contributed by atoms with Crippen molar-refractivity contribution in [1.82, 2.24) is 0 Å². The molecule has 0 fully saturated rings. The van der Waals surface area contributed by atoms with Crippen LogP contribution in [-0.2, 0) is 14.8 Å². The van der Waals surface area contributed by atoms with Crippen LogP contribution in [0.1, 0.15) is 0 Å². The van der Waals surface area contributed by atoms with Gasteiger partial charge in [-0.25, -0.2) is 8.42 Å². The van der Waals surface area contributed by atoms with Crippen LogP contribution in [0.15, 0.2) is 54.6 Å². The number of nitrogens with one attached hydrogen (secondary N) is 1. The quantitative estimate of drug-likeness (QED) is 0.854. The molecule has 0 saturated carbocycles. The van der Waals surface area contributed by atoms with E-state index in [4.69, 9.17) is 9.84 Å². The summed E-state index contributed by atoms with van der Waals surface area (Å²) in [6.45, 7) is 0. The Bertz CT molecular complexity index is 711. The molecule has 2 rings (SSSR count). The predicted molar refractivity (Wildman–Crippen MR) is 78.0 cm³/mol. The lowest BCUT2D eigenvalue weighted by Crippen LogP contribution is -2.22. The Morgan fingerprint density at radius 1 is 1.00 bits per heavy atom. The summed E-state index contributed by atoms with van der Waals surface area (Å²) in [5.74, 6) is -1.18. The van der Waals surface area contributed by atoms with Gasteiger partial charge in [-0.1, -0.05) is 18.2 Å². The Morgan fingerprint density at radius 3 is 2.14 bits per heavy atom. The molecule has 110 valence electrons. The summed E-state index contributed by atoms with van der Waals surface area (Å²) >= 11 is 0. The van der Waals surface area contributed by atoms with Crippen LogP contribution in [0.25, 0.3) is 0 Å². The highest BCUT2D eigenvalue weighted by molar-refractivity contribution is 7.93. The molecule has 0 atom stereocenters. The number of aliphatic carboxylic acids is 1. The zero-order valence-electron chi connectivity index (χ0n) is 10.9. The van der Waals surface area contributed by atoms with Crippen LogP contribution in [0.3, 0.4) is 0 Å². The van der Waals surface area contributed by atoms with Crippen LogP contribution >= 0.6 is 0 Å². The summed E-state index contributed by atoms with van der Waals surface area (Å²) in [7, 11) is -3.90. The maximum absolute atomic E-state index is 11.5. The molecule has 0 heterocycles. The van der Waals surface area contributed by atoms with E-state index < -0.39 is 21.7 Å². The van der Waals surface area contributed by atoms with Crippen molar-refractivity contribution in [2.24, 2.45) is 0 Å². The van der Waals surface area contributed by atoms with E-state index in [1.54, 1.807) is 24.3 Å². The topological polar surface area (TPSA) is 92.7 Å². The van der Waals surface area contributed by atoms with Crippen LogP contribution in [0.2, 0.25) is 0 Å². The number of hydrogen-bond donors (Lipinski definition) is 2. The van der Waals surface area contributed by atoms with Gasteiger partial charge in [0.1, 0.15) is 11.5 Å². The number of ether oxygens (including phenoxy) is 1. The number of carboxylic acids is 1. The Labute approximate surface area is 122 Å². The number of benzene rings is 2. The van der Waals surface area contributed by atoms with Crippen molar-refractivity contribution in [3.63, 3.8) is 0 Å². The minimum Gasteiger partial charge on any atom is -0.480 e. The fraction of sp³-hybridized carbons (Fsp3) is 0.0714. The van der Waals surface area contributed by atoms with Gasteiger partial charge in [-0.2, -0.15) is 0 Å². The molecule has 0 aliphatic carbocycles. The van der Waals surface area contributed by atoms with Gasteiger partial charge in [0.05, 0.1) is 0 Å². The van der Waals surface area contributed by atoms with Crippen LogP contribution in [0.4, 0.5) is 5.69 Å². The molecule has 0 spiro atoms. The Balaban J connectivity index is 2.04. The third kappa shape index (κ3) is 4.81. The van der Waals surface area contributed by atoms with Crippen molar-refractivity contribution in [2.75, 3.05) is 10.5 Å². The summed E-state index contributed by atoms with van der Waals surface area (Å²) in [5, 5.41) is 8.50. The van der Waals surface area contributed by atoms with Crippen molar-refractivity contribution in [2.45, 2.75) is 0 Å². The van der Waals surface area contributed by atoms with Crippen molar-refractivity contribution in [1.29, 1.82) is 0 Å². The maximum Gasteiger partial charge on any atom is 0.320 e. The highest BCUT2D eigenvalue weighted by Gasteiger charge is 2.15. The van der Waals surface area contributed by atoms with Crippen molar-refractivity contribution < 1.29 is 23.1 Å². The number of sulfonamides is 1. The summed E-state index contributed by atoms with van der Waals surface area (Å²) in [6, 6.07) is 15.3. The molecule has 0 saturated heterocycles. The normalized spacial score (nSPS) is 10.9. The van der Waals surface area contributed by atoms with Gasteiger partial charge in [-0.05, 0) is 36.4 Å². The molecule has 21 heavy (non-hydrogen) atoms. The molecule has 0 aliphatic rings. The van der Waals surface area contributed by atoms with Crippen molar-refractivity contribution in [3.8, 4) is 11.5 Å². The molecule has 6 nitrogen and oxygen atoms in total. The van der Waals surface area contributed by atoms with Crippen LogP contribution in [0, 0.1) is 0 Å². The summed E-state index contributed by atoms with van der Waals surface area (Å²) < 4.78 is 30.7. The minimum absolute atomic E-state index is 0.275. The van der Waals surface area contributed by atoms with Crippen LogP contribution in [-0.4, -0.2) is 25.2 Å². The summed E-state index contributed by atoms with van der Waals surface area (Å²) in [5.41, 5.74) is 0.275. The molecule has 2 aromatic carbocycles. The van der Waals surface area contributed by atoms with E-state index in [0.717, 1.165) is 0 Å². The maximum atomic E-state index is 11.5. The molecule has 2 aromatic rings. The third-order valence-electron chi connectivity index (χ3n) is 2.42. The van der Waals surface area contributed by atoms with Gasteiger partial charge in [0.15, 0.2) is 5.75 Å². The predicted octanol–water partition coefficient (Wildman–Crippen LogP) is 2.31. The SMILES string of the molecule is O=C(O)CS(=O)(=O)Nc1ccc(Oc2ccccc2)cc1. The van der Waals surface area contributed by atoms with Gasteiger partial charge < -0.3 is 9.84 Å². The molecule has 0 aliphatic heterocycles. The minimum atomic E-state index is -3.90. The first-order chi connectivity index (χ1) is 9.94. The lowest BCUT2D eigenvalue weighted by Gasteiger charge is -2.08. The van der Waals surface area contributed by atoms with E-state index in [0.29, 0.717) is 11.5 Å². The monoisotopic (exact) mass is 307 g/mol. The average Bonchev–Trinajstić information content (AvgIpc) is 2.40. The van der Waals surface area contributed by atoms with Crippen LogP contribution in [0.5, 0.6) is 11.5 Å². The summed E-state index contributed by atoms with van der Waals surface area (Å²) in [6.07, 6.45) is 0. The number of anilines is 1. The average molecular weight is 307 g/mol. The zero-order chi connectivity index (χ0) is 15.3. The van der Waals surface area contributed by atoms with Gasteiger partial charge >= 0.3 is 5.97 Å². The molecule has 0 amide bonds. The van der Waals surface area contributed by atoms with E-state index in [2.05, 4.69) is 4.72 Å². The lowest BCUT2D eigenvalue weighted by molar-refractivity contribution is -0.134. The Hall–Kier alpha value is -2.54. The lowest BCUT2D eigenvalue weighted by atomic mass is 10.3. The van der Waals surface area contributed by atoms with Crippen LogP contribution < -0.4 is 9.46 Å². The fourth-order valence-corrected chi connectivity index (χ4v) is 2.49. The highest BCUT2D eigenvalue weighted by atomic mass is 32.2. The van der Waals surface area contributed by atoms with Crippen molar-refractivity contribution in [3.05, 3.63) is 54.6 Å². The molecule has 2 N–H and O–H groups in total. The second-order valence-electron chi connectivity index (χ2n) is 4.19. The first-order valence-electron chi connectivity index (χ1n) is 6.00. The largest absolute Gasteiger partial charge is 0.480 e. The zero-order valence-corrected chi connectivity index (χ0v) is 11.7. The molecule has 0 aromatic heterocycles. The first kappa shape index (κ1) is 14.9. The van der Waals surface area contributed by atoms with Gasteiger partial charge in [0.2, 0.25) is 10.0 Å². The number of carbonyl (C=O) groups is 1. The van der Waals surface area contributed by atoms with E-state index in [1.807, 2.05) is 18.2 Å². The molecular weight excluding hydrogens is 294 g/mol. The Morgan fingerprint density at radius 2 is 1.57 bits per heavy atom. The highest BCUT2D eigenvalue weighted by Crippen LogP contribution is 2.22. The van der Waals surface area contributed by atoms with E-state index in [-0.39, 0.29) is 5.69 Å². The second-order valence-corrected chi connectivity index (χ2v) is 5.92. The smallest absolute Gasteiger partial charge is 0.320 e. The molecule has 0 bridgehead atoms. The molecule has 0 unspecified atom stereocenters. The standard InChI is InChI=1S/C14H13NO5S/c16-14(17)10-21(18,19)15-11-6-8-13(9-7-11)20-12-4-2-1-3-5-12/h1-9,15H,10H2,(H,16,17). The number of para-hydroxylation sites is 1. The molecular formula is C14H13NO5S. The summed E-state index contributed by atoms with van der Waals surface area (Å²) in [4.78, 5) is 10.4. The molecule has 7 heteroatoms. The first-order valence-corrected chi connectivity index (χ1v) is 7.65. The third-order valence-corrected chi connectivity index (χ3v) is 3.59. The fourth-order valence-electron chi connectivity index (χ4n) is 1.59. The van der Waals surface area contributed by atoms with E-state index in [9.17, 15) is 13.2 Å². The Kier molecular flexibility index (Phi) is 4.44. The van der Waals surface area contributed by atoms with Gasteiger partial charge in [-0.15, -0.1) is 0 Å². The number of hydrogen-bond acceptors (Lipinski definition) is 4. The van der Waals surface area contributed by atoms with Gasteiger partial charge in [0, 0.05) is 5.69 Å². The van der Waals surface area contributed by atoms with E-state index in [1.165, 1.54) is 12.1 Å². The van der Waals surface area contributed by atoms with Gasteiger partial charge in [-0.3, -0.25) is 9.52 Å².